The predicted molar refractivity (Wildman–Crippen MR) is 78.1 cm³/mol. The Hall–Kier alpha value is -1.58. The molecule has 1 aliphatic heterocycles. The number of morpholine rings is 1. The van der Waals surface area contributed by atoms with Crippen LogP contribution < -0.4 is 0 Å². The average molecular weight is 310 g/mol. The molecule has 5 nitrogen and oxygen atoms in total. The highest BCUT2D eigenvalue weighted by molar-refractivity contribution is 6.32. The van der Waals surface area contributed by atoms with Crippen molar-refractivity contribution in [3.63, 3.8) is 0 Å². The minimum atomic E-state index is -0.340. The number of halogens is 1. The molecule has 1 amide bonds. The number of rotatable bonds is 2. The number of benzene rings is 1. The van der Waals surface area contributed by atoms with Gasteiger partial charge in [0.25, 0.3) is 5.91 Å². The number of hydrogen-bond donors (Lipinski definition) is 2. The molecular weight excluding hydrogens is 294 g/mol. The summed E-state index contributed by atoms with van der Waals surface area (Å²) in [4.78, 5) is 14.0. The second kappa shape index (κ2) is 7.43. The van der Waals surface area contributed by atoms with Gasteiger partial charge in [-0.2, -0.15) is 0 Å². The fourth-order valence-electron chi connectivity index (χ4n) is 2.08. The van der Waals surface area contributed by atoms with Crippen LogP contribution in [-0.2, 0) is 4.74 Å². The van der Waals surface area contributed by atoms with Crippen molar-refractivity contribution >= 4 is 17.5 Å². The molecule has 1 heterocycles. The van der Waals surface area contributed by atoms with Crippen LogP contribution in [0.5, 0.6) is 0 Å². The molecule has 0 bridgehead atoms. The maximum Gasteiger partial charge on any atom is 0.254 e. The molecule has 2 N–H and O–H groups in total. The summed E-state index contributed by atoms with van der Waals surface area (Å²) in [5.74, 6) is 5.07. The van der Waals surface area contributed by atoms with Crippen LogP contribution >= 0.6 is 11.6 Å². The van der Waals surface area contributed by atoms with Crippen molar-refractivity contribution in [1.82, 2.24) is 4.90 Å². The van der Waals surface area contributed by atoms with E-state index in [2.05, 4.69) is 11.8 Å². The first-order valence-electron chi connectivity index (χ1n) is 6.56. The van der Waals surface area contributed by atoms with Crippen molar-refractivity contribution < 1.29 is 19.7 Å². The largest absolute Gasteiger partial charge is 0.394 e. The van der Waals surface area contributed by atoms with E-state index in [9.17, 15) is 4.79 Å². The number of carbonyl (C=O) groups excluding carboxylic acids is 1. The lowest BCUT2D eigenvalue weighted by molar-refractivity contribution is -0.0447. The zero-order chi connectivity index (χ0) is 15.2. The van der Waals surface area contributed by atoms with Gasteiger partial charge in [-0.3, -0.25) is 4.79 Å². The van der Waals surface area contributed by atoms with Gasteiger partial charge in [-0.25, -0.2) is 0 Å². The fourth-order valence-corrected chi connectivity index (χ4v) is 2.31. The van der Waals surface area contributed by atoms with Crippen LogP contribution in [0.4, 0.5) is 0 Å². The van der Waals surface area contributed by atoms with Crippen molar-refractivity contribution in [2.75, 3.05) is 32.9 Å². The van der Waals surface area contributed by atoms with Gasteiger partial charge in [0, 0.05) is 24.2 Å². The smallest absolute Gasteiger partial charge is 0.254 e. The van der Waals surface area contributed by atoms with Gasteiger partial charge in [0.15, 0.2) is 0 Å². The molecule has 1 saturated heterocycles. The van der Waals surface area contributed by atoms with Gasteiger partial charge >= 0.3 is 0 Å². The van der Waals surface area contributed by atoms with Gasteiger partial charge in [-0.05, 0) is 18.2 Å². The molecule has 1 aliphatic rings. The standard InChI is InChI=1S/C15H16ClNO4/c16-14-8-12(4-3-11(14)2-1-6-18)15(20)17-5-7-21-13(9-17)10-19/h3-4,8,13,18-19H,5-7,9-10H2. The van der Waals surface area contributed by atoms with E-state index in [0.29, 0.717) is 35.8 Å². The number of nitrogens with zero attached hydrogens (tertiary/aromatic N) is 1. The first kappa shape index (κ1) is 15.8. The highest BCUT2D eigenvalue weighted by atomic mass is 35.5. The van der Waals surface area contributed by atoms with Crippen LogP contribution in [0.25, 0.3) is 0 Å². The molecule has 0 aromatic heterocycles. The predicted octanol–water partition coefficient (Wildman–Crippen LogP) is 0.517. The zero-order valence-corrected chi connectivity index (χ0v) is 12.1. The van der Waals surface area contributed by atoms with E-state index in [4.69, 9.17) is 26.6 Å². The Labute approximate surface area is 128 Å². The molecule has 1 unspecified atom stereocenters. The lowest BCUT2D eigenvalue weighted by Gasteiger charge is -2.32. The van der Waals surface area contributed by atoms with Gasteiger partial charge in [0.05, 0.1) is 24.3 Å². The summed E-state index contributed by atoms with van der Waals surface area (Å²) in [6, 6.07) is 4.87. The van der Waals surface area contributed by atoms with Crippen molar-refractivity contribution in [3.05, 3.63) is 34.3 Å². The number of carbonyl (C=O) groups is 1. The minimum absolute atomic E-state index is 0.111. The highest BCUT2D eigenvalue weighted by Gasteiger charge is 2.24. The summed E-state index contributed by atoms with van der Waals surface area (Å²) in [5.41, 5.74) is 1.03. The average Bonchev–Trinajstić information content (AvgIpc) is 2.53. The molecule has 1 fully saturated rings. The van der Waals surface area contributed by atoms with Gasteiger partial charge in [0.2, 0.25) is 0 Å². The number of aliphatic hydroxyl groups excluding tert-OH is 2. The fraction of sp³-hybridized carbons (Fsp3) is 0.400. The summed E-state index contributed by atoms with van der Waals surface area (Å²) < 4.78 is 5.32. The number of ether oxygens (including phenoxy) is 1. The molecule has 0 aliphatic carbocycles. The molecule has 0 saturated carbocycles. The van der Waals surface area contributed by atoms with Gasteiger partial charge < -0.3 is 19.8 Å². The highest BCUT2D eigenvalue weighted by Crippen LogP contribution is 2.19. The van der Waals surface area contributed by atoms with Gasteiger partial charge in [-0.1, -0.05) is 23.4 Å². The Balaban J connectivity index is 2.14. The third-order valence-corrected chi connectivity index (χ3v) is 3.46. The van der Waals surface area contributed by atoms with Crippen LogP contribution in [0.15, 0.2) is 18.2 Å². The lowest BCUT2D eigenvalue weighted by atomic mass is 10.1. The normalized spacial score (nSPS) is 18.0. The SMILES string of the molecule is O=C(c1ccc(C#CCO)c(Cl)c1)N1CCOC(CO)C1. The molecule has 6 heteroatoms. The van der Waals surface area contributed by atoms with Crippen molar-refractivity contribution in [1.29, 1.82) is 0 Å². The van der Waals surface area contributed by atoms with E-state index in [1.54, 1.807) is 23.1 Å². The van der Waals surface area contributed by atoms with Crippen molar-refractivity contribution in [2.45, 2.75) is 6.10 Å². The third kappa shape index (κ3) is 3.96. The van der Waals surface area contributed by atoms with E-state index < -0.39 is 0 Å². The molecular formula is C15H16ClNO4. The van der Waals surface area contributed by atoms with Crippen LogP contribution in [-0.4, -0.2) is 60.0 Å². The van der Waals surface area contributed by atoms with Crippen molar-refractivity contribution in [3.8, 4) is 11.8 Å². The van der Waals surface area contributed by atoms with E-state index in [1.165, 1.54) is 0 Å². The summed E-state index contributed by atoms with van der Waals surface area (Å²) in [6.45, 7) is 0.899. The maximum atomic E-state index is 12.4. The Bertz CT molecular complexity index is 579. The van der Waals surface area contributed by atoms with E-state index in [-0.39, 0.29) is 25.2 Å². The first-order valence-corrected chi connectivity index (χ1v) is 6.94. The number of amides is 1. The van der Waals surface area contributed by atoms with Crippen LogP contribution in [0.3, 0.4) is 0 Å². The molecule has 1 atom stereocenters. The second-order valence-corrected chi connectivity index (χ2v) is 4.99. The second-order valence-electron chi connectivity index (χ2n) is 4.58. The molecule has 112 valence electrons. The molecule has 0 spiro atoms. The lowest BCUT2D eigenvalue weighted by Crippen LogP contribution is -2.46. The first-order chi connectivity index (χ1) is 10.2. The van der Waals surface area contributed by atoms with E-state index in [0.717, 1.165) is 0 Å². The Morgan fingerprint density at radius 2 is 2.29 bits per heavy atom. The van der Waals surface area contributed by atoms with Crippen molar-refractivity contribution in [2.24, 2.45) is 0 Å². The monoisotopic (exact) mass is 309 g/mol. The van der Waals surface area contributed by atoms with Crippen LogP contribution in [0.1, 0.15) is 15.9 Å². The summed E-state index contributed by atoms with van der Waals surface area (Å²) in [5, 5.41) is 18.1. The molecule has 1 aromatic rings. The quantitative estimate of drug-likeness (QED) is 0.781. The Morgan fingerprint density at radius 1 is 1.48 bits per heavy atom. The molecule has 2 rings (SSSR count). The Morgan fingerprint density at radius 3 is 2.95 bits per heavy atom. The molecule has 21 heavy (non-hydrogen) atoms. The van der Waals surface area contributed by atoms with Gasteiger partial charge in [-0.15, -0.1) is 0 Å². The molecule has 1 aromatic carbocycles. The summed E-state index contributed by atoms with van der Waals surface area (Å²) in [7, 11) is 0. The van der Waals surface area contributed by atoms with Crippen LogP contribution in [0.2, 0.25) is 5.02 Å². The maximum absolute atomic E-state index is 12.4. The minimum Gasteiger partial charge on any atom is -0.394 e. The van der Waals surface area contributed by atoms with Crippen LogP contribution in [0, 0.1) is 11.8 Å². The van der Waals surface area contributed by atoms with E-state index >= 15 is 0 Å². The third-order valence-electron chi connectivity index (χ3n) is 3.15. The summed E-state index contributed by atoms with van der Waals surface area (Å²) in [6.07, 6.45) is -0.340. The van der Waals surface area contributed by atoms with Gasteiger partial charge in [0.1, 0.15) is 6.61 Å². The van der Waals surface area contributed by atoms with E-state index in [1.807, 2.05) is 0 Å². The summed E-state index contributed by atoms with van der Waals surface area (Å²) >= 11 is 6.08. The topological polar surface area (TPSA) is 70.0 Å². The number of hydrogen-bond acceptors (Lipinski definition) is 4. The zero-order valence-electron chi connectivity index (χ0n) is 11.4. The number of aliphatic hydroxyl groups is 2. The Kier molecular flexibility index (Phi) is 5.59. The molecule has 0 radical (unpaired) electrons.